The van der Waals surface area contributed by atoms with Gasteiger partial charge in [0.2, 0.25) is 5.91 Å². The fraction of sp³-hybridized carbons (Fsp3) is 0.467. The summed E-state index contributed by atoms with van der Waals surface area (Å²) in [6.07, 6.45) is 0.798. The molecule has 0 saturated carbocycles. The number of hydrogen-bond donors (Lipinski definition) is 2. The number of carbonyl (C=O) groups is 2. The number of hydrogen-bond acceptors (Lipinski definition) is 3. The Bertz CT molecular complexity index is 476. The van der Waals surface area contributed by atoms with Crippen molar-refractivity contribution in [2.24, 2.45) is 0 Å². The molecule has 0 unspecified atom stereocenters. The van der Waals surface area contributed by atoms with E-state index >= 15 is 0 Å². The van der Waals surface area contributed by atoms with Crippen LogP contribution in [0.2, 0.25) is 0 Å². The number of benzene rings is 1. The number of amides is 3. The molecular weight excluding hydrogens is 273 g/mol. The third-order valence-corrected chi connectivity index (χ3v) is 3.02. The molecule has 1 aromatic rings. The van der Waals surface area contributed by atoms with Gasteiger partial charge in [-0.3, -0.25) is 15.0 Å². The van der Waals surface area contributed by atoms with Crippen LogP contribution in [0.4, 0.5) is 9.18 Å². The van der Waals surface area contributed by atoms with Gasteiger partial charge in [0.25, 0.3) is 0 Å². The van der Waals surface area contributed by atoms with Crippen molar-refractivity contribution in [3.8, 4) is 0 Å². The van der Waals surface area contributed by atoms with Gasteiger partial charge in [-0.25, -0.2) is 9.18 Å². The molecule has 1 rings (SSSR count). The zero-order valence-corrected chi connectivity index (χ0v) is 12.6. The Labute approximate surface area is 124 Å². The first-order chi connectivity index (χ1) is 9.90. The lowest BCUT2D eigenvalue weighted by Gasteiger charge is -2.17. The topological polar surface area (TPSA) is 61.4 Å². The highest BCUT2D eigenvalue weighted by Gasteiger charge is 2.12. The molecular formula is C15H22FN3O2. The minimum Gasteiger partial charge on any atom is -0.335 e. The lowest BCUT2D eigenvalue weighted by Crippen LogP contribution is -2.46. The lowest BCUT2D eigenvalue weighted by molar-refractivity contribution is -0.121. The van der Waals surface area contributed by atoms with Crippen molar-refractivity contribution in [2.75, 3.05) is 13.6 Å². The van der Waals surface area contributed by atoms with Crippen LogP contribution in [0.25, 0.3) is 0 Å². The summed E-state index contributed by atoms with van der Waals surface area (Å²) in [5, 5.41) is 4.94. The van der Waals surface area contributed by atoms with E-state index in [9.17, 15) is 14.0 Å². The third kappa shape index (κ3) is 6.85. The third-order valence-electron chi connectivity index (χ3n) is 3.02. The van der Waals surface area contributed by atoms with Gasteiger partial charge in [-0.1, -0.05) is 19.1 Å². The fourth-order valence-electron chi connectivity index (χ4n) is 1.73. The van der Waals surface area contributed by atoms with E-state index in [2.05, 4.69) is 10.6 Å². The van der Waals surface area contributed by atoms with Crippen LogP contribution >= 0.6 is 0 Å². The monoisotopic (exact) mass is 295 g/mol. The molecule has 1 atom stereocenters. The van der Waals surface area contributed by atoms with Gasteiger partial charge in [-0.05, 0) is 38.1 Å². The largest absolute Gasteiger partial charge is 0.335 e. The van der Waals surface area contributed by atoms with E-state index in [-0.39, 0.29) is 24.3 Å². The number of nitrogens with one attached hydrogen (secondary N) is 2. The summed E-state index contributed by atoms with van der Waals surface area (Å²) in [5.41, 5.74) is 0.899. The number of halogens is 1. The van der Waals surface area contributed by atoms with Crippen LogP contribution in [0.1, 0.15) is 25.8 Å². The summed E-state index contributed by atoms with van der Waals surface area (Å²) in [4.78, 5) is 25.0. The van der Waals surface area contributed by atoms with E-state index in [1.807, 2.05) is 13.8 Å². The smallest absolute Gasteiger partial charge is 0.321 e. The molecule has 2 N–H and O–H groups in total. The first-order valence-electron chi connectivity index (χ1n) is 6.94. The molecule has 0 saturated heterocycles. The molecule has 0 heterocycles. The van der Waals surface area contributed by atoms with Crippen molar-refractivity contribution in [3.05, 3.63) is 35.6 Å². The first-order valence-corrected chi connectivity index (χ1v) is 6.94. The minimum absolute atomic E-state index is 0.0229. The van der Waals surface area contributed by atoms with Crippen LogP contribution in [-0.4, -0.2) is 36.5 Å². The molecule has 0 fully saturated rings. The Morgan fingerprint density at radius 2 is 1.90 bits per heavy atom. The van der Waals surface area contributed by atoms with Crippen molar-refractivity contribution >= 4 is 11.9 Å². The zero-order valence-electron chi connectivity index (χ0n) is 12.6. The predicted octanol–water partition coefficient (Wildman–Crippen LogP) is 1.88. The van der Waals surface area contributed by atoms with E-state index in [0.29, 0.717) is 6.54 Å². The molecule has 0 spiro atoms. The summed E-state index contributed by atoms with van der Waals surface area (Å²) in [7, 11) is 1.76. The number of urea groups is 1. The molecule has 6 heteroatoms. The van der Waals surface area contributed by atoms with Gasteiger partial charge in [0.05, 0.1) is 6.54 Å². The number of rotatable bonds is 6. The maximum absolute atomic E-state index is 12.8. The summed E-state index contributed by atoms with van der Waals surface area (Å²) < 4.78 is 12.8. The molecule has 116 valence electrons. The van der Waals surface area contributed by atoms with Crippen molar-refractivity contribution in [2.45, 2.75) is 32.9 Å². The van der Waals surface area contributed by atoms with Crippen LogP contribution in [0.5, 0.6) is 0 Å². The van der Waals surface area contributed by atoms with Gasteiger partial charge < -0.3 is 5.32 Å². The van der Waals surface area contributed by atoms with Crippen LogP contribution in [0.3, 0.4) is 0 Å². The number of carbonyl (C=O) groups excluding carboxylic acids is 2. The Morgan fingerprint density at radius 3 is 2.48 bits per heavy atom. The number of nitrogens with zero attached hydrogens (tertiary/aromatic N) is 1. The predicted molar refractivity (Wildman–Crippen MR) is 79.2 cm³/mol. The Morgan fingerprint density at radius 1 is 1.29 bits per heavy atom. The number of imide groups is 1. The normalized spacial score (nSPS) is 12.0. The molecule has 0 aromatic heterocycles. The van der Waals surface area contributed by atoms with E-state index in [1.54, 1.807) is 24.1 Å². The maximum Gasteiger partial charge on any atom is 0.321 e. The molecule has 0 aliphatic carbocycles. The molecule has 5 nitrogen and oxygen atoms in total. The van der Waals surface area contributed by atoms with Crippen LogP contribution in [0, 0.1) is 5.82 Å². The first kappa shape index (κ1) is 17.1. The van der Waals surface area contributed by atoms with Crippen molar-refractivity contribution < 1.29 is 14.0 Å². The standard InChI is InChI=1S/C15H22FN3O2/c1-4-11(2)17-15(21)18-14(20)10-19(3)9-12-5-7-13(16)8-6-12/h5-8,11H,4,9-10H2,1-3H3,(H2,17,18,20,21)/t11-/m1/s1. The summed E-state index contributed by atoms with van der Waals surface area (Å²) in [6, 6.07) is 5.63. The quantitative estimate of drug-likeness (QED) is 0.842. The summed E-state index contributed by atoms with van der Waals surface area (Å²) >= 11 is 0. The van der Waals surface area contributed by atoms with E-state index in [4.69, 9.17) is 0 Å². The van der Waals surface area contributed by atoms with Crippen LogP contribution in [0.15, 0.2) is 24.3 Å². The molecule has 21 heavy (non-hydrogen) atoms. The van der Waals surface area contributed by atoms with Crippen molar-refractivity contribution in [1.29, 1.82) is 0 Å². The number of likely N-dealkylation sites (N-methyl/N-ethyl adjacent to an activating group) is 1. The van der Waals surface area contributed by atoms with Gasteiger partial charge in [-0.15, -0.1) is 0 Å². The molecule has 0 bridgehead atoms. The second-order valence-electron chi connectivity index (χ2n) is 5.13. The highest BCUT2D eigenvalue weighted by molar-refractivity contribution is 5.95. The summed E-state index contributed by atoms with van der Waals surface area (Å²) in [6.45, 7) is 4.40. The second kappa shape index (κ2) is 8.36. The SMILES string of the molecule is CC[C@@H](C)NC(=O)NC(=O)CN(C)Cc1ccc(F)cc1. The highest BCUT2D eigenvalue weighted by atomic mass is 19.1. The molecule has 0 radical (unpaired) electrons. The second-order valence-corrected chi connectivity index (χ2v) is 5.13. The van der Waals surface area contributed by atoms with Gasteiger partial charge in [0, 0.05) is 12.6 Å². The lowest BCUT2D eigenvalue weighted by atomic mass is 10.2. The Balaban J connectivity index is 2.36. The molecule has 3 amide bonds. The van der Waals surface area contributed by atoms with Crippen molar-refractivity contribution in [3.63, 3.8) is 0 Å². The molecule has 0 aliphatic rings. The average molecular weight is 295 g/mol. The fourth-order valence-corrected chi connectivity index (χ4v) is 1.73. The highest BCUT2D eigenvalue weighted by Crippen LogP contribution is 2.05. The van der Waals surface area contributed by atoms with Gasteiger partial charge in [0.15, 0.2) is 0 Å². The van der Waals surface area contributed by atoms with E-state index in [0.717, 1.165) is 12.0 Å². The van der Waals surface area contributed by atoms with E-state index < -0.39 is 6.03 Å². The molecule has 1 aromatic carbocycles. The van der Waals surface area contributed by atoms with Crippen molar-refractivity contribution in [1.82, 2.24) is 15.5 Å². The van der Waals surface area contributed by atoms with Gasteiger partial charge >= 0.3 is 6.03 Å². The Hall–Kier alpha value is -1.95. The molecule has 0 aliphatic heterocycles. The average Bonchev–Trinajstić information content (AvgIpc) is 2.40. The Kier molecular flexibility index (Phi) is 6.81. The van der Waals surface area contributed by atoms with E-state index in [1.165, 1.54) is 12.1 Å². The van der Waals surface area contributed by atoms with Crippen LogP contribution in [-0.2, 0) is 11.3 Å². The summed E-state index contributed by atoms with van der Waals surface area (Å²) in [5.74, 6) is -0.665. The maximum atomic E-state index is 12.8. The van der Waals surface area contributed by atoms with Gasteiger partial charge in [-0.2, -0.15) is 0 Å². The van der Waals surface area contributed by atoms with Crippen LogP contribution < -0.4 is 10.6 Å². The zero-order chi connectivity index (χ0) is 15.8. The minimum atomic E-state index is -0.482. The van der Waals surface area contributed by atoms with Gasteiger partial charge in [0.1, 0.15) is 5.82 Å².